The van der Waals surface area contributed by atoms with Crippen LogP contribution in [-0.2, 0) is 14.3 Å². The minimum Gasteiger partial charge on any atom is -0.466 e. The van der Waals surface area contributed by atoms with Crippen molar-refractivity contribution in [2.24, 2.45) is 29.6 Å². The largest absolute Gasteiger partial charge is 0.466 e. The third-order valence-electron chi connectivity index (χ3n) is 4.13. The molecule has 3 nitrogen and oxygen atoms in total. The fraction of sp³-hybridized carbons (Fsp3) is 0.818. The van der Waals surface area contributed by atoms with Gasteiger partial charge in [0.2, 0.25) is 0 Å². The van der Waals surface area contributed by atoms with Gasteiger partial charge in [0.25, 0.3) is 0 Å². The molecule has 0 unspecified atom stereocenters. The molecule has 3 heteroatoms. The number of hydrogen-bond donors (Lipinski definition) is 0. The fourth-order valence-electron chi connectivity index (χ4n) is 3.65. The summed E-state index contributed by atoms with van der Waals surface area (Å²) < 4.78 is 5.01. The lowest BCUT2D eigenvalue weighted by molar-refractivity contribution is -0.145. The minimum absolute atomic E-state index is 0.0631. The standard InChI is InChI=1S/C11H14O3/c1-2-14-11(13)10-8-5-3-6(9(8)10)7(12)4-5/h5-6,8-10H,2-4H2,1H3/t5-,6+,8-,9+,10-/m1/s1. The van der Waals surface area contributed by atoms with Crippen molar-refractivity contribution < 1.29 is 14.3 Å². The highest BCUT2D eigenvalue weighted by Crippen LogP contribution is 2.68. The van der Waals surface area contributed by atoms with Gasteiger partial charge in [0.1, 0.15) is 5.78 Å². The molecule has 0 amide bonds. The summed E-state index contributed by atoms with van der Waals surface area (Å²) in [6, 6.07) is 0. The molecule has 0 aromatic rings. The minimum atomic E-state index is -0.0631. The molecule has 3 fully saturated rings. The maximum atomic E-state index is 11.5. The number of hydrogen-bond acceptors (Lipinski definition) is 3. The number of Topliss-reactive ketones (excluding diaryl/α,β-unsaturated/α-hetero) is 1. The molecule has 3 aliphatic carbocycles. The van der Waals surface area contributed by atoms with Crippen molar-refractivity contribution in [2.75, 3.05) is 6.61 Å². The molecule has 76 valence electrons. The molecule has 0 N–H and O–H groups in total. The molecule has 0 heterocycles. The Morgan fingerprint density at radius 3 is 2.93 bits per heavy atom. The fourth-order valence-corrected chi connectivity index (χ4v) is 3.65. The normalized spacial score (nSPS) is 47.8. The monoisotopic (exact) mass is 194 g/mol. The van der Waals surface area contributed by atoms with Gasteiger partial charge in [-0.05, 0) is 31.1 Å². The Morgan fingerprint density at radius 2 is 2.29 bits per heavy atom. The lowest BCUT2D eigenvalue weighted by atomic mass is 10.00. The molecule has 14 heavy (non-hydrogen) atoms. The highest BCUT2D eigenvalue weighted by molar-refractivity contribution is 5.89. The number of fused-ring (bicyclic) bond motifs is 5. The summed E-state index contributed by atoms with van der Waals surface area (Å²) in [5, 5.41) is 0. The van der Waals surface area contributed by atoms with E-state index in [1.807, 2.05) is 6.92 Å². The first-order chi connectivity index (χ1) is 6.74. The first-order valence-corrected chi connectivity index (χ1v) is 5.43. The van der Waals surface area contributed by atoms with E-state index in [4.69, 9.17) is 4.74 Å². The van der Waals surface area contributed by atoms with Crippen molar-refractivity contribution in [3.8, 4) is 0 Å². The molecule has 3 saturated carbocycles. The predicted octanol–water partition coefficient (Wildman–Crippen LogP) is 1.02. The second kappa shape index (κ2) is 2.59. The van der Waals surface area contributed by atoms with Crippen LogP contribution < -0.4 is 0 Å². The summed E-state index contributed by atoms with van der Waals surface area (Å²) in [6.07, 6.45) is 1.77. The smallest absolute Gasteiger partial charge is 0.309 e. The molecular formula is C11H14O3. The third-order valence-corrected chi connectivity index (χ3v) is 4.13. The van der Waals surface area contributed by atoms with Crippen LogP contribution in [0.15, 0.2) is 0 Å². The van der Waals surface area contributed by atoms with Crippen LogP contribution in [0, 0.1) is 29.6 Å². The van der Waals surface area contributed by atoms with Crippen LogP contribution in [0.4, 0.5) is 0 Å². The predicted molar refractivity (Wildman–Crippen MR) is 48.3 cm³/mol. The lowest BCUT2D eigenvalue weighted by Gasteiger charge is -2.06. The van der Waals surface area contributed by atoms with Gasteiger partial charge in [-0.15, -0.1) is 0 Å². The second-order valence-electron chi connectivity index (χ2n) is 4.71. The Bertz CT molecular complexity index is 310. The molecule has 0 saturated heterocycles. The summed E-state index contributed by atoms with van der Waals surface area (Å²) in [5.41, 5.74) is 0. The van der Waals surface area contributed by atoms with E-state index in [1.165, 1.54) is 0 Å². The maximum Gasteiger partial charge on any atom is 0.309 e. The van der Waals surface area contributed by atoms with Gasteiger partial charge in [0.15, 0.2) is 0 Å². The summed E-state index contributed by atoms with van der Waals surface area (Å²) >= 11 is 0. The Morgan fingerprint density at radius 1 is 1.50 bits per heavy atom. The van der Waals surface area contributed by atoms with Crippen molar-refractivity contribution in [3.05, 3.63) is 0 Å². The number of ether oxygens (including phenoxy) is 1. The van der Waals surface area contributed by atoms with Crippen LogP contribution in [0.5, 0.6) is 0 Å². The Labute approximate surface area is 82.8 Å². The molecule has 0 aliphatic heterocycles. The summed E-state index contributed by atoms with van der Waals surface area (Å²) in [6.45, 7) is 2.29. The van der Waals surface area contributed by atoms with Crippen LogP contribution in [0.3, 0.4) is 0 Å². The molecule has 0 spiro atoms. The number of carbonyl (C=O) groups is 2. The molecule has 0 aromatic heterocycles. The van der Waals surface area contributed by atoms with Crippen LogP contribution in [0.25, 0.3) is 0 Å². The summed E-state index contributed by atoms with van der Waals surface area (Å²) in [5.74, 6) is 1.98. The van der Waals surface area contributed by atoms with Gasteiger partial charge in [-0.2, -0.15) is 0 Å². The van der Waals surface area contributed by atoms with Crippen LogP contribution in [0.1, 0.15) is 19.8 Å². The molecule has 5 atom stereocenters. The van der Waals surface area contributed by atoms with Crippen molar-refractivity contribution >= 4 is 11.8 Å². The Kier molecular flexibility index (Phi) is 1.56. The van der Waals surface area contributed by atoms with Crippen molar-refractivity contribution in [3.63, 3.8) is 0 Å². The molecule has 3 aliphatic rings. The quantitative estimate of drug-likeness (QED) is 0.616. The zero-order valence-electron chi connectivity index (χ0n) is 8.23. The van der Waals surface area contributed by atoms with Gasteiger partial charge in [-0.1, -0.05) is 0 Å². The first kappa shape index (κ1) is 8.45. The van der Waals surface area contributed by atoms with Crippen LogP contribution >= 0.6 is 0 Å². The average molecular weight is 194 g/mol. The number of ketones is 1. The van der Waals surface area contributed by atoms with Crippen LogP contribution in [-0.4, -0.2) is 18.4 Å². The molecule has 3 rings (SSSR count). The lowest BCUT2D eigenvalue weighted by Crippen LogP contribution is -2.14. The van der Waals surface area contributed by atoms with Gasteiger partial charge in [0, 0.05) is 12.3 Å². The van der Waals surface area contributed by atoms with E-state index in [-0.39, 0.29) is 17.8 Å². The second-order valence-corrected chi connectivity index (χ2v) is 4.71. The van der Waals surface area contributed by atoms with Crippen molar-refractivity contribution in [1.82, 2.24) is 0 Å². The highest BCUT2D eigenvalue weighted by Gasteiger charge is 2.70. The number of rotatable bonds is 2. The zero-order valence-corrected chi connectivity index (χ0v) is 8.23. The highest BCUT2D eigenvalue weighted by atomic mass is 16.5. The van der Waals surface area contributed by atoms with Gasteiger partial charge >= 0.3 is 5.97 Å². The Hall–Kier alpha value is -0.860. The van der Waals surface area contributed by atoms with Gasteiger partial charge in [0.05, 0.1) is 12.5 Å². The molecular weight excluding hydrogens is 180 g/mol. The van der Waals surface area contributed by atoms with Crippen molar-refractivity contribution in [1.29, 1.82) is 0 Å². The van der Waals surface area contributed by atoms with E-state index in [9.17, 15) is 9.59 Å². The van der Waals surface area contributed by atoms with Gasteiger partial charge < -0.3 is 4.74 Å². The summed E-state index contributed by atoms with van der Waals surface area (Å²) in [7, 11) is 0. The van der Waals surface area contributed by atoms with Crippen LogP contribution in [0.2, 0.25) is 0 Å². The first-order valence-electron chi connectivity index (χ1n) is 5.43. The SMILES string of the molecule is CCOC(=O)[C@H]1[C@@H]2[C@H]1[C@H]1CC(=O)[C@@H]2C1. The number of esters is 1. The molecule has 0 radical (unpaired) electrons. The van der Waals surface area contributed by atoms with E-state index in [0.29, 0.717) is 30.1 Å². The third kappa shape index (κ3) is 0.877. The van der Waals surface area contributed by atoms with Gasteiger partial charge in [-0.3, -0.25) is 9.59 Å². The zero-order chi connectivity index (χ0) is 9.87. The van der Waals surface area contributed by atoms with E-state index in [1.54, 1.807) is 0 Å². The molecule has 2 bridgehead atoms. The molecule has 0 aromatic carbocycles. The van der Waals surface area contributed by atoms with E-state index < -0.39 is 0 Å². The Balaban J connectivity index is 1.73. The van der Waals surface area contributed by atoms with E-state index in [2.05, 4.69) is 0 Å². The number of carbonyl (C=O) groups excluding carboxylic acids is 2. The topological polar surface area (TPSA) is 43.4 Å². The maximum absolute atomic E-state index is 11.5. The van der Waals surface area contributed by atoms with E-state index in [0.717, 1.165) is 12.8 Å². The summed E-state index contributed by atoms with van der Waals surface area (Å²) in [4.78, 5) is 23.0. The van der Waals surface area contributed by atoms with Crippen molar-refractivity contribution in [2.45, 2.75) is 19.8 Å². The van der Waals surface area contributed by atoms with Gasteiger partial charge in [-0.25, -0.2) is 0 Å². The van der Waals surface area contributed by atoms with E-state index >= 15 is 0 Å². The average Bonchev–Trinajstić information content (AvgIpc) is 2.66.